The van der Waals surface area contributed by atoms with E-state index in [1.165, 1.54) is 11.8 Å². The minimum atomic E-state index is -0.491. The molecule has 1 aromatic heterocycles. The molecule has 3 aromatic rings. The lowest BCUT2D eigenvalue weighted by atomic mass is 10.2. The maximum absolute atomic E-state index is 13.0. The van der Waals surface area contributed by atoms with Crippen LogP contribution >= 0.6 is 11.8 Å². The van der Waals surface area contributed by atoms with E-state index in [1.54, 1.807) is 48.9 Å². The molecule has 1 atom stereocenters. The van der Waals surface area contributed by atoms with Gasteiger partial charge in [-0.25, -0.2) is 4.98 Å². The highest BCUT2D eigenvalue weighted by molar-refractivity contribution is 8.00. The van der Waals surface area contributed by atoms with Crippen LogP contribution in [-0.4, -0.2) is 47.6 Å². The number of anilines is 1. The highest BCUT2D eigenvalue weighted by atomic mass is 32.2. The summed E-state index contributed by atoms with van der Waals surface area (Å²) in [6.45, 7) is 3.48. The van der Waals surface area contributed by atoms with Gasteiger partial charge in [-0.05, 0) is 31.2 Å². The zero-order valence-corrected chi connectivity index (χ0v) is 18.1. The van der Waals surface area contributed by atoms with E-state index >= 15 is 0 Å². The average Bonchev–Trinajstić information content (AvgIpc) is 2.79. The molecule has 8 nitrogen and oxygen atoms in total. The summed E-state index contributed by atoms with van der Waals surface area (Å²) in [6, 6.07) is 12.5. The van der Waals surface area contributed by atoms with Crippen LogP contribution in [0, 0.1) is 0 Å². The van der Waals surface area contributed by atoms with Crippen molar-refractivity contribution in [2.75, 3.05) is 32.2 Å². The van der Waals surface area contributed by atoms with Gasteiger partial charge in [-0.2, -0.15) is 0 Å². The number of rotatable bonds is 7. The second-order valence-corrected chi connectivity index (χ2v) is 8.28. The van der Waals surface area contributed by atoms with Crippen LogP contribution < -0.4 is 20.3 Å². The Hall–Kier alpha value is -3.04. The van der Waals surface area contributed by atoms with Crippen molar-refractivity contribution in [2.45, 2.75) is 23.9 Å². The molecule has 0 saturated heterocycles. The molecular weight excluding hydrogens is 418 g/mol. The summed E-state index contributed by atoms with van der Waals surface area (Å²) >= 11 is 1.23. The second-order valence-electron chi connectivity index (χ2n) is 6.97. The number of carbonyl (C=O) groups excluding carboxylic acids is 1. The number of hydrogen-bond acceptors (Lipinski definition) is 7. The van der Waals surface area contributed by atoms with Gasteiger partial charge in [0, 0.05) is 18.9 Å². The molecule has 2 aromatic carbocycles. The quantitative estimate of drug-likeness (QED) is 0.445. The summed E-state index contributed by atoms with van der Waals surface area (Å²) < 4.78 is 17.8. The number of hydrogen-bond donors (Lipinski definition) is 1. The fourth-order valence-electron chi connectivity index (χ4n) is 3.19. The Kier molecular flexibility index (Phi) is 6.43. The van der Waals surface area contributed by atoms with Gasteiger partial charge in [0.2, 0.25) is 5.91 Å². The van der Waals surface area contributed by atoms with Gasteiger partial charge in [0.05, 0.1) is 29.3 Å². The summed E-state index contributed by atoms with van der Waals surface area (Å²) in [5, 5.41) is 3.42. The van der Waals surface area contributed by atoms with E-state index < -0.39 is 5.25 Å². The van der Waals surface area contributed by atoms with Crippen molar-refractivity contribution in [1.82, 2.24) is 9.55 Å². The second kappa shape index (κ2) is 9.40. The number of fused-ring (bicyclic) bond motifs is 2. The van der Waals surface area contributed by atoms with Crippen LogP contribution in [0.5, 0.6) is 11.5 Å². The molecule has 2 heterocycles. The van der Waals surface area contributed by atoms with Gasteiger partial charge in [0.25, 0.3) is 5.56 Å². The van der Waals surface area contributed by atoms with Crippen molar-refractivity contribution < 1.29 is 19.0 Å². The minimum Gasteiger partial charge on any atom is -0.486 e. The normalized spacial score (nSPS) is 13.7. The fourth-order valence-corrected chi connectivity index (χ4v) is 4.13. The number of nitrogens with one attached hydrogen (secondary N) is 1. The molecule has 0 saturated carbocycles. The van der Waals surface area contributed by atoms with Crippen molar-refractivity contribution in [1.29, 1.82) is 0 Å². The Labute approximate surface area is 183 Å². The number of benzene rings is 2. The first kappa shape index (κ1) is 21.2. The molecular formula is C22H23N3O5S. The Morgan fingerprint density at radius 2 is 2.00 bits per heavy atom. The standard InChI is InChI=1S/C22H23N3O5S/c1-14(20(26)23-15-7-8-18-19(13-15)30-12-11-29-18)31-22-24-17-6-4-3-5-16(17)21(27)25(22)9-10-28-2/h3-8,13-14H,9-12H2,1-2H3,(H,23,26)/t14-/m1/s1. The Morgan fingerprint density at radius 1 is 1.23 bits per heavy atom. The van der Waals surface area contributed by atoms with Gasteiger partial charge in [0.1, 0.15) is 13.2 Å². The van der Waals surface area contributed by atoms with Crippen molar-refractivity contribution in [3.8, 4) is 11.5 Å². The molecule has 0 bridgehead atoms. The molecule has 1 N–H and O–H groups in total. The third kappa shape index (κ3) is 4.67. The number of para-hydroxylation sites is 1. The van der Waals surface area contributed by atoms with Crippen LogP contribution in [0.3, 0.4) is 0 Å². The molecule has 0 radical (unpaired) electrons. The van der Waals surface area contributed by atoms with Crippen LogP contribution in [0.1, 0.15) is 6.92 Å². The predicted molar refractivity (Wildman–Crippen MR) is 119 cm³/mol. The molecule has 1 aliphatic rings. The third-order valence-electron chi connectivity index (χ3n) is 4.81. The largest absolute Gasteiger partial charge is 0.486 e. The van der Waals surface area contributed by atoms with Crippen molar-refractivity contribution >= 4 is 34.3 Å². The number of amides is 1. The molecule has 1 amide bonds. The lowest BCUT2D eigenvalue weighted by Gasteiger charge is -2.19. The monoisotopic (exact) mass is 441 g/mol. The minimum absolute atomic E-state index is 0.149. The smallest absolute Gasteiger partial charge is 0.262 e. The zero-order valence-electron chi connectivity index (χ0n) is 17.3. The lowest BCUT2D eigenvalue weighted by molar-refractivity contribution is -0.115. The van der Waals surface area contributed by atoms with Crippen molar-refractivity contribution in [3.05, 3.63) is 52.8 Å². The molecule has 0 unspecified atom stereocenters. The number of aromatic nitrogens is 2. The summed E-state index contributed by atoms with van der Waals surface area (Å²) in [5.74, 6) is 1.06. The van der Waals surface area contributed by atoms with E-state index in [2.05, 4.69) is 10.3 Å². The number of ether oxygens (including phenoxy) is 3. The first-order valence-electron chi connectivity index (χ1n) is 9.92. The summed E-state index contributed by atoms with van der Waals surface area (Å²) in [5.41, 5.74) is 1.07. The molecule has 31 heavy (non-hydrogen) atoms. The van der Waals surface area contributed by atoms with Gasteiger partial charge in [0.15, 0.2) is 16.7 Å². The molecule has 4 rings (SSSR count). The Balaban J connectivity index is 1.55. The van der Waals surface area contributed by atoms with Gasteiger partial charge in [-0.3, -0.25) is 14.2 Å². The van der Waals surface area contributed by atoms with Crippen LogP contribution in [0.2, 0.25) is 0 Å². The topological polar surface area (TPSA) is 91.7 Å². The SMILES string of the molecule is COCCn1c(S[C@H](C)C(=O)Nc2ccc3c(c2)OCCO3)nc2ccccc2c1=O. The highest BCUT2D eigenvalue weighted by Gasteiger charge is 2.20. The van der Waals surface area contributed by atoms with E-state index in [1.807, 2.05) is 12.1 Å². The van der Waals surface area contributed by atoms with E-state index in [0.29, 0.717) is 59.6 Å². The van der Waals surface area contributed by atoms with Crippen molar-refractivity contribution in [2.24, 2.45) is 0 Å². The summed E-state index contributed by atoms with van der Waals surface area (Å²) in [4.78, 5) is 30.4. The van der Waals surface area contributed by atoms with Crippen LogP contribution in [0.15, 0.2) is 52.4 Å². The van der Waals surface area contributed by atoms with Gasteiger partial charge in [-0.15, -0.1) is 0 Å². The van der Waals surface area contributed by atoms with E-state index in [0.717, 1.165) is 0 Å². The summed E-state index contributed by atoms with van der Waals surface area (Å²) in [6.07, 6.45) is 0. The first-order valence-corrected chi connectivity index (χ1v) is 10.8. The van der Waals surface area contributed by atoms with E-state index in [4.69, 9.17) is 14.2 Å². The number of methoxy groups -OCH3 is 1. The van der Waals surface area contributed by atoms with Crippen LogP contribution in [-0.2, 0) is 16.1 Å². The number of carbonyl (C=O) groups is 1. The Bertz CT molecular complexity index is 1160. The Morgan fingerprint density at radius 3 is 2.81 bits per heavy atom. The summed E-state index contributed by atoms with van der Waals surface area (Å²) in [7, 11) is 1.58. The van der Waals surface area contributed by atoms with Crippen LogP contribution in [0.4, 0.5) is 5.69 Å². The van der Waals surface area contributed by atoms with E-state index in [-0.39, 0.29) is 11.5 Å². The third-order valence-corrected chi connectivity index (χ3v) is 5.90. The molecule has 1 aliphatic heterocycles. The molecule has 162 valence electrons. The fraction of sp³-hybridized carbons (Fsp3) is 0.318. The first-order chi connectivity index (χ1) is 15.1. The number of thioether (sulfide) groups is 1. The zero-order chi connectivity index (χ0) is 21.8. The van der Waals surface area contributed by atoms with Gasteiger partial charge < -0.3 is 19.5 Å². The van der Waals surface area contributed by atoms with Gasteiger partial charge in [-0.1, -0.05) is 23.9 Å². The molecule has 0 spiro atoms. The molecule has 0 fully saturated rings. The number of nitrogens with zero attached hydrogens (tertiary/aromatic N) is 2. The maximum Gasteiger partial charge on any atom is 0.262 e. The highest BCUT2D eigenvalue weighted by Crippen LogP contribution is 2.33. The van der Waals surface area contributed by atoms with Gasteiger partial charge >= 0.3 is 0 Å². The molecule has 0 aliphatic carbocycles. The van der Waals surface area contributed by atoms with Crippen molar-refractivity contribution in [3.63, 3.8) is 0 Å². The maximum atomic E-state index is 13.0. The predicted octanol–water partition coefficient (Wildman–Crippen LogP) is 2.93. The lowest BCUT2D eigenvalue weighted by Crippen LogP contribution is -2.28. The average molecular weight is 442 g/mol. The molecule has 9 heteroatoms. The van der Waals surface area contributed by atoms with E-state index in [9.17, 15) is 9.59 Å². The van der Waals surface area contributed by atoms with Crippen LogP contribution in [0.25, 0.3) is 10.9 Å².